The zero-order chi connectivity index (χ0) is 18.9. The Morgan fingerprint density at radius 1 is 1.12 bits per heavy atom. The summed E-state index contributed by atoms with van der Waals surface area (Å²) in [6.07, 6.45) is 2.06. The molecule has 0 atom stereocenters. The van der Waals surface area contributed by atoms with Gasteiger partial charge in [0, 0.05) is 25.2 Å². The number of hydrogen-bond donors (Lipinski definition) is 1. The predicted octanol–water partition coefficient (Wildman–Crippen LogP) is 3.71. The van der Waals surface area contributed by atoms with Crippen LogP contribution in [-0.4, -0.2) is 31.7 Å². The van der Waals surface area contributed by atoms with E-state index in [1.54, 1.807) is 24.3 Å². The van der Waals surface area contributed by atoms with Crippen molar-refractivity contribution in [1.29, 1.82) is 0 Å². The van der Waals surface area contributed by atoms with Crippen LogP contribution in [-0.2, 0) is 16.6 Å². The molecule has 0 radical (unpaired) electrons. The van der Waals surface area contributed by atoms with Gasteiger partial charge in [0.15, 0.2) is 0 Å². The molecule has 0 aromatic heterocycles. The molecule has 2 aromatic rings. The summed E-state index contributed by atoms with van der Waals surface area (Å²) >= 11 is 11.8. The van der Waals surface area contributed by atoms with Gasteiger partial charge in [-0.15, -0.1) is 0 Å². The van der Waals surface area contributed by atoms with Crippen molar-refractivity contribution < 1.29 is 13.2 Å². The van der Waals surface area contributed by atoms with Crippen LogP contribution in [0.5, 0.6) is 0 Å². The fraction of sp³-hybridized carbons (Fsp3) is 0.278. The fourth-order valence-electron chi connectivity index (χ4n) is 2.42. The molecule has 1 aliphatic rings. The second-order valence-electron chi connectivity index (χ2n) is 6.28. The molecule has 0 bridgehead atoms. The summed E-state index contributed by atoms with van der Waals surface area (Å²) in [5, 5.41) is 3.40. The molecule has 2 aromatic carbocycles. The molecule has 1 aliphatic carbocycles. The monoisotopic (exact) mass is 412 g/mol. The quantitative estimate of drug-likeness (QED) is 0.785. The van der Waals surface area contributed by atoms with Crippen molar-refractivity contribution in [2.24, 2.45) is 0 Å². The highest BCUT2D eigenvalue weighted by molar-refractivity contribution is 7.89. The van der Waals surface area contributed by atoms with Gasteiger partial charge in [0.25, 0.3) is 5.91 Å². The molecule has 0 spiro atoms. The zero-order valence-electron chi connectivity index (χ0n) is 14.1. The lowest BCUT2D eigenvalue weighted by molar-refractivity contribution is 0.0951. The van der Waals surface area contributed by atoms with E-state index in [2.05, 4.69) is 5.32 Å². The standard InChI is InChI=1S/C18H18Cl2N2O3S/c1-22(26(24,25)15-8-9-16(19)17(20)10-15)11-12-2-4-13(5-3-12)18(23)21-14-6-7-14/h2-5,8-10,14H,6-7,11H2,1H3,(H,21,23). The number of benzene rings is 2. The first-order valence-corrected chi connectivity index (χ1v) is 10.3. The van der Waals surface area contributed by atoms with Crippen molar-refractivity contribution in [1.82, 2.24) is 9.62 Å². The molecule has 0 aliphatic heterocycles. The average molecular weight is 413 g/mol. The average Bonchev–Trinajstić information content (AvgIpc) is 3.41. The molecule has 1 saturated carbocycles. The van der Waals surface area contributed by atoms with Gasteiger partial charge < -0.3 is 5.32 Å². The SMILES string of the molecule is CN(Cc1ccc(C(=O)NC2CC2)cc1)S(=O)(=O)c1ccc(Cl)c(Cl)c1. The Kier molecular flexibility index (Phi) is 5.58. The van der Waals surface area contributed by atoms with E-state index in [1.807, 2.05) is 0 Å². The van der Waals surface area contributed by atoms with Gasteiger partial charge in [0.05, 0.1) is 14.9 Å². The molecule has 5 nitrogen and oxygen atoms in total. The van der Waals surface area contributed by atoms with Gasteiger partial charge in [-0.25, -0.2) is 8.42 Å². The summed E-state index contributed by atoms with van der Waals surface area (Å²) in [6.45, 7) is 0.174. The predicted molar refractivity (Wildman–Crippen MR) is 102 cm³/mol. The van der Waals surface area contributed by atoms with Crippen LogP contribution in [0.15, 0.2) is 47.4 Å². The van der Waals surface area contributed by atoms with Crippen molar-refractivity contribution >= 4 is 39.1 Å². The van der Waals surface area contributed by atoms with Gasteiger partial charge >= 0.3 is 0 Å². The number of sulfonamides is 1. The molecule has 0 saturated heterocycles. The molecule has 8 heteroatoms. The maximum atomic E-state index is 12.7. The number of halogens is 2. The number of nitrogens with one attached hydrogen (secondary N) is 1. The number of nitrogens with zero attached hydrogens (tertiary/aromatic N) is 1. The highest BCUT2D eigenvalue weighted by atomic mass is 35.5. The van der Waals surface area contributed by atoms with Gasteiger partial charge in [0.1, 0.15) is 0 Å². The van der Waals surface area contributed by atoms with Crippen LogP contribution in [0.3, 0.4) is 0 Å². The van der Waals surface area contributed by atoms with Gasteiger partial charge in [-0.1, -0.05) is 35.3 Å². The normalized spacial score (nSPS) is 14.5. The maximum absolute atomic E-state index is 12.7. The number of carbonyl (C=O) groups is 1. The fourth-order valence-corrected chi connectivity index (χ4v) is 3.97. The number of hydrogen-bond acceptors (Lipinski definition) is 3. The lowest BCUT2D eigenvalue weighted by Gasteiger charge is -2.18. The smallest absolute Gasteiger partial charge is 0.251 e. The Morgan fingerprint density at radius 2 is 1.77 bits per heavy atom. The Bertz CT molecular complexity index is 926. The Morgan fingerprint density at radius 3 is 2.35 bits per heavy atom. The van der Waals surface area contributed by atoms with Crippen LogP contribution in [0.2, 0.25) is 10.0 Å². The van der Waals surface area contributed by atoms with E-state index >= 15 is 0 Å². The summed E-state index contributed by atoms with van der Waals surface area (Å²) in [5.41, 5.74) is 1.34. The molecular formula is C18H18Cl2N2O3S. The van der Waals surface area contributed by atoms with Gasteiger partial charge in [0.2, 0.25) is 10.0 Å². The van der Waals surface area contributed by atoms with Crippen LogP contribution < -0.4 is 5.32 Å². The highest BCUT2D eigenvalue weighted by Crippen LogP contribution is 2.26. The lowest BCUT2D eigenvalue weighted by atomic mass is 10.1. The van der Waals surface area contributed by atoms with E-state index < -0.39 is 10.0 Å². The molecule has 0 heterocycles. The molecule has 3 rings (SSSR count). The molecule has 26 heavy (non-hydrogen) atoms. The van der Waals surface area contributed by atoms with Gasteiger partial charge in [-0.05, 0) is 48.7 Å². The first-order valence-electron chi connectivity index (χ1n) is 8.08. The molecule has 0 unspecified atom stereocenters. The molecule has 1 N–H and O–H groups in total. The minimum Gasteiger partial charge on any atom is -0.349 e. The van der Waals surface area contributed by atoms with Crippen molar-refractivity contribution in [3.05, 3.63) is 63.6 Å². The third-order valence-electron chi connectivity index (χ3n) is 4.13. The largest absolute Gasteiger partial charge is 0.349 e. The summed E-state index contributed by atoms with van der Waals surface area (Å²) in [6, 6.07) is 11.4. The zero-order valence-corrected chi connectivity index (χ0v) is 16.4. The second kappa shape index (κ2) is 7.56. The number of carbonyl (C=O) groups excluding carboxylic acids is 1. The number of amides is 1. The molecule has 138 valence electrons. The van der Waals surface area contributed by atoms with Crippen LogP contribution in [0.25, 0.3) is 0 Å². The van der Waals surface area contributed by atoms with E-state index in [9.17, 15) is 13.2 Å². The minimum atomic E-state index is -3.70. The number of rotatable bonds is 6. The van der Waals surface area contributed by atoms with Crippen LogP contribution in [0.4, 0.5) is 0 Å². The minimum absolute atomic E-state index is 0.0785. The first-order chi connectivity index (χ1) is 12.3. The van der Waals surface area contributed by atoms with E-state index in [0.29, 0.717) is 16.6 Å². The lowest BCUT2D eigenvalue weighted by Crippen LogP contribution is -2.27. The van der Waals surface area contributed by atoms with Crippen LogP contribution >= 0.6 is 23.2 Å². The van der Waals surface area contributed by atoms with Crippen LogP contribution in [0, 0.1) is 0 Å². The van der Waals surface area contributed by atoms with Crippen molar-refractivity contribution in [2.45, 2.75) is 30.3 Å². The van der Waals surface area contributed by atoms with E-state index in [-0.39, 0.29) is 22.4 Å². The Balaban J connectivity index is 1.70. The topological polar surface area (TPSA) is 66.5 Å². The highest BCUT2D eigenvalue weighted by Gasteiger charge is 2.24. The van der Waals surface area contributed by atoms with Crippen LogP contribution in [0.1, 0.15) is 28.8 Å². The van der Waals surface area contributed by atoms with E-state index in [0.717, 1.165) is 18.4 Å². The van der Waals surface area contributed by atoms with Gasteiger partial charge in [-0.2, -0.15) is 4.31 Å². The van der Waals surface area contributed by atoms with Gasteiger partial charge in [-0.3, -0.25) is 4.79 Å². The molecule has 1 fully saturated rings. The Hall–Kier alpha value is -1.60. The van der Waals surface area contributed by atoms with E-state index in [4.69, 9.17) is 23.2 Å². The molecule has 1 amide bonds. The first kappa shape index (κ1) is 19.2. The Labute approximate surface area is 163 Å². The third-order valence-corrected chi connectivity index (χ3v) is 6.67. The maximum Gasteiger partial charge on any atom is 0.251 e. The third kappa shape index (κ3) is 4.38. The molecular weight excluding hydrogens is 395 g/mol. The summed E-state index contributed by atoms with van der Waals surface area (Å²) < 4.78 is 26.6. The van der Waals surface area contributed by atoms with Crippen molar-refractivity contribution in [3.8, 4) is 0 Å². The summed E-state index contributed by atoms with van der Waals surface area (Å²) in [7, 11) is -2.21. The van der Waals surface area contributed by atoms with E-state index in [1.165, 1.54) is 29.6 Å². The van der Waals surface area contributed by atoms with Crippen molar-refractivity contribution in [3.63, 3.8) is 0 Å². The second-order valence-corrected chi connectivity index (χ2v) is 9.14. The van der Waals surface area contributed by atoms with Crippen molar-refractivity contribution in [2.75, 3.05) is 7.05 Å². The summed E-state index contributed by atoms with van der Waals surface area (Å²) in [4.78, 5) is 12.1. The summed E-state index contributed by atoms with van der Waals surface area (Å²) in [5.74, 6) is -0.101.